The topological polar surface area (TPSA) is 169 Å². The molecule has 2 aromatic rings. The number of aromatic amines is 1. The molecule has 12 heteroatoms. The molecule has 3 atom stereocenters. The Hall–Kier alpha value is -2.87. The maximum Gasteiger partial charge on any atom is 0.279 e. The molecular weight excluding hydrogens is 456 g/mol. The second kappa shape index (κ2) is 10.4. The molecule has 12 nitrogen and oxygen atoms in total. The van der Waals surface area contributed by atoms with Crippen LogP contribution < -0.4 is 26.2 Å². The van der Waals surface area contributed by atoms with Gasteiger partial charge in [0.1, 0.15) is 23.8 Å². The molecule has 0 radical (unpaired) electrons. The maximum atomic E-state index is 12.6. The van der Waals surface area contributed by atoms with Gasteiger partial charge in [-0.25, -0.2) is 9.98 Å². The largest absolute Gasteiger partial charge is 0.395 e. The number of aromatic nitrogens is 2. The number of H-pyrrole nitrogens is 1. The summed E-state index contributed by atoms with van der Waals surface area (Å²) in [5.41, 5.74) is 2.64. The van der Waals surface area contributed by atoms with Crippen molar-refractivity contribution in [3.8, 4) is 0 Å². The summed E-state index contributed by atoms with van der Waals surface area (Å²) in [5.74, 6) is 0.179. The van der Waals surface area contributed by atoms with E-state index in [0.717, 1.165) is 37.4 Å². The molecule has 1 aromatic carbocycles. The number of aliphatic hydroxyl groups excluding tert-OH is 5. The Morgan fingerprint density at radius 1 is 1.09 bits per heavy atom. The molecule has 1 saturated heterocycles. The van der Waals surface area contributed by atoms with Crippen LogP contribution in [-0.4, -0.2) is 111 Å². The maximum absolute atomic E-state index is 12.6. The van der Waals surface area contributed by atoms with Crippen molar-refractivity contribution < 1.29 is 25.5 Å². The van der Waals surface area contributed by atoms with Crippen LogP contribution in [0.4, 0.5) is 22.9 Å². The van der Waals surface area contributed by atoms with Crippen LogP contribution in [0.25, 0.3) is 6.58 Å². The number of anilines is 3. The molecule has 2 aliphatic heterocycles. The van der Waals surface area contributed by atoms with Gasteiger partial charge in [-0.2, -0.15) is 0 Å². The van der Waals surface area contributed by atoms with Gasteiger partial charge >= 0.3 is 0 Å². The second-order valence-electron chi connectivity index (χ2n) is 8.89. The van der Waals surface area contributed by atoms with E-state index in [-0.39, 0.29) is 29.8 Å². The van der Waals surface area contributed by atoms with E-state index in [1.807, 2.05) is 19.1 Å². The van der Waals surface area contributed by atoms with E-state index in [4.69, 9.17) is 0 Å². The van der Waals surface area contributed by atoms with Gasteiger partial charge in [-0.15, -0.1) is 0 Å². The van der Waals surface area contributed by atoms with Crippen molar-refractivity contribution in [2.45, 2.75) is 25.2 Å². The number of hydrogen-bond donors (Lipinski definition) is 6. The zero-order chi connectivity index (χ0) is 25.3. The number of piperazine rings is 1. The number of aryl methyl sites for hydroxylation is 1. The molecule has 3 heterocycles. The summed E-state index contributed by atoms with van der Waals surface area (Å²) >= 11 is 0. The van der Waals surface area contributed by atoms with E-state index < -0.39 is 30.5 Å². The molecule has 0 amide bonds. The number of fused-ring (bicyclic) bond motifs is 2. The van der Waals surface area contributed by atoms with Crippen molar-refractivity contribution in [2.75, 3.05) is 62.3 Å². The number of aliphatic hydroxyl groups is 5. The minimum absolute atomic E-state index is 0.0547. The summed E-state index contributed by atoms with van der Waals surface area (Å²) in [6.07, 6.45) is -4.61. The smallest absolute Gasteiger partial charge is 0.279 e. The first-order valence-corrected chi connectivity index (χ1v) is 11.6. The molecule has 0 spiro atoms. The first kappa shape index (κ1) is 25.2. The van der Waals surface area contributed by atoms with Crippen molar-refractivity contribution in [1.29, 1.82) is 0 Å². The minimum Gasteiger partial charge on any atom is -0.395 e. The molecule has 4 rings (SSSR count). The first-order valence-electron chi connectivity index (χ1n) is 11.6. The van der Waals surface area contributed by atoms with Gasteiger partial charge in [0, 0.05) is 38.4 Å². The summed E-state index contributed by atoms with van der Waals surface area (Å²) < 4.78 is 0. The highest BCUT2D eigenvalue weighted by Gasteiger charge is 2.31. The lowest BCUT2D eigenvalue weighted by atomic mass is 10.0. The fourth-order valence-corrected chi connectivity index (χ4v) is 4.54. The Morgan fingerprint density at radius 3 is 2.46 bits per heavy atom. The number of nitrogens with zero attached hydrogens (tertiary/aromatic N) is 5. The van der Waals surface area contributed by atoms with Gasteiger partial charge in [-0.3, -0.25) is 9.69 Å². The fraction of sp³-hybridized carbons (Fsp3) is 0.522. The Labute approximate surface area is 201 Å². The fourth-order valence-electron chi connectivity index (χ4n) is 4.54. The Morgan fingerprint density at radius 2 is 1.80 bits per heavy atom. The van der Waals surface area contributed by atoms with E-state index >= 15 is 0 Å². The van der Waals surface area contributed by atoms with E-state index in [1.54, 1.807) is 4.90 Å². The molecule has 190 valence electrons. The predicted molar refractivity (Wildman–Crippen MR) is 130 cm³/mol. The summed E-state index contributed by atoms with van der Waals surface area (Å²) in [6, 6.07) is 3.79. The van der Waals surface area contributed by atoms with Crippen LogP contribution in [0.2, 0.25) is 0 Å². The molecule has 1 aromatic heterocycles. The third-order valence-electron chi connectivity index (χ3n) is 6.47. The number of hydrogen-bond acceptors (Lipinski definition) is 11. The lowest BCUT2D eigenvalue weighted by Gasteiger charge is -2.38. The summed E-state index contributed by atoms with van der Waals surface area (Å²) in [5, 5.41) is 49.2. The highest BCUT2D eigenvalue weighted by molar-refractivity contribution is 5.81. The average molecular weight is 489 g/mol. The molecule has 35 heavy (non-hydrogen) atoms. The van der Waals surface area contributed by atoms with Crippen LogP contribution in [0.3, 0.4) is 0 Å². The quantitative estimate of drug-likeness (QED) is 0.226. The normalized spacial score (nSPS) is 18.5. The molecule has 0 bridgehead atoms. The monoisotopic (exact) mass is 488 g/mol. The zero-order valence-corrected chi connectivity index (χ0v) is 19.6. The third kappa shape index (κ3) is 5.08. The van der Waals surface area contributed by atoms with Crippen molar-refractivity contribution in [1.82, 2.24) is 14.9 Å². The van der Waals surface area contributed by atoms with E-state index in [0.29, 0.717) is 17.9 Å². The van der Waals surface area contributed by atoms with Crippen LogP contribution in [0.1, 0.15) is 5.56 Å². The lowest BCUT2D eigenvalue weighted by Crippen LogP contribution is -2.49. The predicted octanol–water partition coefficient (Wildman–Crippen LogP) is -2.92. The first-order chi connectivity index (χ1) is 16.7. The van der Waals surface area contributed by atoms with Gasteiger partial charge < -0.3 is 40.3 Å². The van der Waals surface area contributed by atoms with Crippen molar-refractivity contribution in [3.05, 3.63) is 38.9 Å². The van der Waals surface area contributed by atoms with Crippen molar-refractivity contribution in [3.63, 3.8) is 0 Å². The van der Waals surface area contributed by atoms with Gasteiger partial charge in [0.15, 0.2) is 11.2 Å². The van der Waals surface area contributed by atoms with E-state index in [9.17, 15) is 30.3 Å². The van der Waals surface area contributed by atoms with Gasteiger partial charge in [0.25, 0.3) is 5.56 Å². The number of benzene rings is 1. The van der Waals surface area contributed by atoms with E-state index in [1.165, 1.54) is 0 Å². The van der Waals surface area contributed by atoms with Crippen molar-refractivity contribution in [2.24, 2.45) is 4.99 Å². The SMILES string of the molecule is C=c1nc2c(c(=O)[nH]1)=Nc1cc(C)c(N3CCN(CCO)CC3)cc1N2C[C@H](O)[C@H](O)[C@H](O)CO. The number of nitrogens with one attached hydrogen (secondary N) is 1. The van der Waals surface area contributed by atoms with Crippen LogP contribution in [0, 0.1) is 6.92 Å². The van der Waals surface area contributed by atoms with Crippen LogP contribution in [-0.2, 0) is 0 Å². The van der Waals surface area contributed by atoms with Gasteiger partial charge in [-0.1, -0.05) is 6.58 Å². The summed E-state index contributed by atoms with van der Waals surface area (Å²) in [4.78, 5) is 30.0. The summed E-state index contributed by atoms with van der Waals surface area (Å²) in [6.45, 7) is 8.63. The molecular formula is C23H32N6O6. The van der Waals surface area contributed by atoms with Gasteiger partial charge in [-0.05, 0) is 24.6 Å². The van der Waals surface area contributed by atoms with Gasteiger partial charge in [0.2, 0.25) is 0 Å². The minimum atomic E-state index is -1.61. The van der Waals surface area contributed by atoms with E-state index in [2.05, 4.69) is 31.3 Å². The zero-order valence-electron chi connectivity index (χ0n) is 19.6. The van der Waals surface area contributed by atoms with Crippen LogP contribution in [0.15, 0.2) is 21.9 Å². The average Bonchev–Trinajstić information content (AvgIpc) is 2.84. The lowest BCUT2D eigenvalue weighted by molar-refractivity contribution is -0.0726. The second-order valence-corrected chi connectivity index (χ2v) is 8.89. The Balaban J connectivity index is 1.76. The van der Waals surface area contributed by atoms with Gasteiger partial charge in [0.05, 0.1) is 31.1 Å². The molecule has 2 aliphatic rings. The number of rotatable bonds is 8. The standard InChI is InChI=1S/C23H32N6O6/c1-13-9-15-17(10-16(13)28-5-3-27(4-6-28)7-8-30)29(11-18(32)21(34)19(33)12-31)22-20(26-15)23(35)25-14(2)24-22/h9-10,18-19,21,30-34H,2-8,11-12H2,1H3,(H,25,35)/t18-,19+,21-/m0/s1. The molecule has 0 aliphatic carbocycles. The molecule has 0 unspecified atom stereocenters. The van der Waals surface area contributed by atoms with Crippen molar-refractivity contribution >= 4 is 29.5 Å². The highest BCUT2D eigenvalue weighted by Crippen LogP contribution is 2.40. The third-order valence-corrected chi connectivity index (χ3v) is 6.47. The highest BCUT2D eigenvalue weighted by atomic mass is 16.4. The molecule has 1 fully saturated rings. The Bertz CT molecular complexity index is 1230. The molecule has 6 N–H and O–H groups in total. The summed E-state index contributed by atoms with van der Waals surface area (Å²) in [7, 11) is 0. The van der Waals surface area contributed by atoms with Crippen LogP contribution in [0.5, 0.6) is 0 Å². The number of β-amino-alcohol motifs (C(OH)–C–C–N with tert-alkyl or cyclic N) is 2. The molecule has 0 saturated carbocycles. The van der Waals surface area contributed by atoms with Crippen LogP contribution >= 0.6 is 0 Å². The Kier molecular flexibility index (Phi) is 7.50.